The van der Waals surface area contributed by atoms with Gasteiger partial charge in [0.25, 0.3) is 5.89 Å². The maximum Gasteiger partial charge on any atom is 0.437 e. The molecule has 0 aliphatic rings. The molecule has 1 unspecified atom stereocenters. The van der Waals surface area contributed by atoms with Gasteiger partial charge in [-0.2, -0.15) is 4.68 Å². The Hall–Kier alpha value is -2.09. The predicted octanol–water partition coefficient (Wildman–Crippen LogP) is 3.75. The van der Waals surface area contributed by atoms with Crippen molar-refractivity contribution in [3.63, 3.8) is 0 Å². The summed E-state index contributed by atoms with van der Waals surface area (Å²) in [4.78, 5) is 24.7. The molecular weight excluding hydrogens is 385 g/mol. The van der Waals surface area contributed by atoms with E-state index in [0.29, 0.717) is 10.0 Å². The number of nitrogens with one attached hydrogen (secondary N) is 1. The van der Waals surface area contributed by atoms with E-state index in [0.717, 1.165) is 15.1 Å². The zero-order valence-electron chi connectivity index (χ0n) is 13.0. The summed E-state index contributed by atoms with van der Waals surface area (Å²) >= 11 is 13.3. The highest BCUT2D eigenvalue weighted by Gasteiger charge is 2.16. The van der Waals surface area contributed by atoms with Crippen LogP contribution in [0.3, 0.4) is 0 Å². The molecule has 0 fully saturated rings. The van der Waals surface area contributed by atoms with Crippen LogP contribution in [0.4, 0.5) is 0 Å². The van der Waals surface area contributed by atoms with E-state index in [4.69, 9.17) is 27.6 Å². The number of carbonyl (C=O) groups excluding carboxylic acids is 1. The molecule has 3 rings (SSSR count). The molecule has 0 saturated carbocycles. The van der Waals surface area contributed by atoms with E-state index in [2.05, 4.69) is 10.4 Å². The van der Waals surface area contributed by atoms with Gasteiger partial charge in [-0.05, 0) is 36.1 Å². The SMILES string of the molecule is CC(NC(=O)Cn1nc(-c2cccs2)oc1=O)c1ccc(Cl)c(Cl)c1. The molecule has 25 heavy (non-hydrogen) atoms. The topological polar surface area (TPSA) is 77.1 Å². The second kappa shape index (κ2) is 7.43. The third kappa shape index (κ3) is 4.12. The number of hydrogen-bond acceptors (Lipinski definition) is 5. The first-order valence-electron chi connectivity index (χ1n) is 7.30. The van der Waals surface area contributed by atoms with Crippen molar-refractivity contribution in [2.24, 2.45) is 0 Å². The van der Waals surface area contributed by atoms with Gasteiger partial charge < -0.3 is 9.73 Å². The minimum atomic E-state index is -0.680. The number of amides is 1. The third-order valence-electron chi connectivity index (χ3n) is 3.45. The average Bonchev–Trinajstić information content (AvgIpc) is 3.20. The van der Waals surface area contributed by atoms with Gasteiger partial charge >= 0.3 is 5.76 Å². The zero-order valence-corrected chi connectivity index (χ0v) is 15.4. The van der Waals surface area contributed by atoms with Gasteiger partial charge in [0.05, 0.1) is 21.0 Å². The van der Waals surface area contributed by atoms with Crippen LogP contribution in [0.15, 0.2) is 44.9 Å². The van der Waals surface area contributed by atoms with Gasteiger partial charge in [-0.25, -0.2) is 4.79 Å². The van der Waals surface area contributed by atoms with E-state index in [1.165, 1.54) is 11.3 Å². The molecule has 130 valence electrons. The van der Waals surface area contributed by atoms with Crippen LogP contribution in [-0.4, -0.2) is 15.7 Å². The average molecular weight is 398 g/mol. The maximum absolute atomic E-state index is 12.2. The maximum atomic E-state index is 12.2. The first-order chi connectivity index (χ1) is 11.9. The van der Waals surface area contributed by atoms with Crippen LogP contribution < -0.4 is 11.1 Å². The molecule has 0 spiro atoms. The summed E-state index contributed by atoms with van der Waals surface area (Å²) in [5, 5.41) is 9.53. The molecule has 0 bridgehead atoms. The molecule has 1 atom stereocenters. The summed E-state index contributed by atoms with van der Waals surface area (Å²) in [7, 11) is 0. The third-order valence-corrected chi connectivity index (χ3v) is 5.05. The summed E-state index contributed by atoms with van der Waals surface area (Å²) < 4.78 is 6.07. The molecule has 2 heterocycles. The van der Waals surface area contributed by atoms with Crippen molar-refractivity contribution in [2.75, 3.05) is 0 Å². The van der Waals surface area contributed by atoms with Gasteiger partial charge in [0.2, 0.25) is 5.91 Å². The fourth-order valence-electron chi connectivity index (χ4n) is 2.19. The number of benzene rings is 1. The minimum Gasteiger partial charge on any atom is -0.387 e. The first-order valence-corrected chi connectivity index (χ1v) is 8.93. The van der Waals surface area contributed by atoms with Gasteiger partial charge in [0.15, 0.2) is 0 Å². The normalized spacial score (nSPS) is 12.1. The van der Waals surface area contributed by atoms with E-state index in [1.807, 2.05) is 11.4 Å². The lowest BCUT2D eigenvalue weighted by molar-refractivity contribution is -0.122. The highest BCUT2D eigenvalue weighted by molar-refractivity contribution is 7.13. The highest BCUT2D eigenvalue weighted by atomic mass is 35.5. The Bertz CT molecular complexity index is 950. The van der Waals surface area contributed by atoms with E-state index in [9.17, 15) is 9.59 Å². The van der Waals surface area contributed by atoms with Crippen LogP contribution in [0, 0.1) is 0 Å². The minimum absolute atomic E-state index is 0.199. The van der Waals surface area contributed by atoms with Crippen LogP contribution in [0.2, 0.25) is 10.0 Å². The van der Waals surface area contributed by atoms with Gasteiger partial charge in [0.1, 0.15) is 6.54 Å². The second-order valence-electron chi connectivity index (χ2n) is 5.27. The highest BCUT2D eigenvalue weighted by Crippen LogP contribution is 2.25. The summed E-state index contributed by atoms with van der Waals surface area (Å²) in [5.74, 6) is -0.849. The van der Waals surface area contributed by atoms with Crippen molar-refractivity contribution in [1.29, 1.82) is 0 Å². The zero-order chi connectivity index (χ0) is 18.0. The molecule has 0 aliphatic heterocycles. The van der Waals surface area contributed by atoms with Crippen LogP contribution in [-0.2, 0) is 11.3 Å². The molecule has 2 aromatic heterocycles. The second-order valence-corrected chi connectivity index (χ2v) is 7.03. The molecule has 1 amide bonds. The Balaban J connectivity index is 1.68. The lowest BCUT2D eigenvalue weighted by Crippen LogP contribution is -2.33. The van der Waals surface area contributed by atoms with Crippen molar-refractivity contribution >= 4 is 40.4 Å². The van der Waals surface area contributed by atoms with Crippen molar-refractivity contribution in [2.45, 2.75) is 19.5 Å². The van der Waals surface area contributed by atoms with Crippen LogP contribution in [0.1, 0.15) is 18.5 Å². The first kappa shape index (κ1) is 17.7. The molecule has 6 nitrogen and oxygen atoms in total. The number of hydrogen-bond donors (Lipinski definition) is 1. The lowest BCUT2D eigenvalue weighted by Gasteiger charge is -2.14. The van der Waals surface area contributed by atoms with Crippen LogP contribution in [0.25, 0.3) is 10.8 Å². The van der Waals surface area contributed by atoms with Crippen molar-refractivity contribution in [3.05, 3.63) is 61.9 Å². The van der Waals surface area contributed by atoms with Crippen molar-refractivity contribution in [3.8, 4) is 10.8 Å². The number of nitrogens with zero attached hydrogens (tertiary/aromatic N) is 2. The molecule has 0 saturated heterocycles. The Morgan fingerprint density at radius 3 is 2.84 bits per heavy atom. The standard InChI is InChI=1S/C16H13Cl2N3O3S/c1-9(10-4-5-11(17)12(18)7-10)19-14(22)8-21-16(23)24-15(20-21)13-3-2-6-25-13/h2-7,9H,8H2,1H3,(H,19,22). The Morgan fingerprint density at radius 2 is 2.16 bits per heavy atom. The van der Waals surface area contributed by atoms with Gasteiger partial charge in [0, 0.05) is 0 Å². The van der Waals surface area contributed by atoms with E-state index >= 15 is 0 Å². The van der Waals surface area contributed by atoms with Crippen molar-refractivity contribution < 1.29 is 9.21 Å². The number of aromatic nitrogens is 2. The van der Waals surface area contributed by atoms with E-state index in [-0.39, 0.29) is 24.4 Å². The summed E-state index contributed by atoms with van der Waals surface area (Å²) in [6.07, 6.45) is 0. The Kier molecular flexibility index (Phi) is 5.27. The number of carbonyl (C=O) groups is 1. The molecule has 9 heteroatoms. The Labute approximate surface area is 157 Å². The molecule has 1 aromatic carbocycles. The summed E-state index contributed by atoms with van der Waals surface area (Å²) in [5.41, 5.74) is 0.800. The molecule has 0 radical (unpaired) electrons. The van der Waals surface area contributed by atoms with Gasteiger partial charge in [-0.15, -0.1) is 16.4 Å². The summed E-state index contributed by atoms with van der Waals surface area (Å²) in [6, 6.07) is 8.43. The molecular formula is C16H13Cl2N3O3S. The lowest BCUT2D eigenvalue weighted by atomic mass is 10.1. The predicted molar refractivity (Wildman–Crippen MR) is 97.1 cm³/mol. The number of thiophene rings is 1. The smallest absolute Gasteiger partial charge is 0.387 e. The molecule has 0 aliphatic carbocycles. The fourth-order valence-corrected chi connectivity index (χ4v) is 3.14. The van der Waals surface area contributed by atoms with Crippen LogP contribution >= 0.6 is 34.5 Å². The van der Waals surface area contributed by atoms with E-state index in [1.54, 1.807) is 31.2 Å². The quantitative estimate of drug-likeness (QED) is 0.710. The summed E-state index contributed by atoms with van der Waals surface area (Å²) in [6.45, 7) is 1.57. The monoisotopic (exact) mass is 397 g/mol. The Morgan fingerprint density at radius 1 is 1.36 bits per heavy atom. The van der Waals surface area contributed by atoms with Gasteiger partial charge in [-0.3, -0.25) is 4.79 Å². The molecule has 3 aromatic rings. The van der Waals surface area contributed by atoms with E-state index < -0.39 is 5.76 Å². The molecule has 1 N–H and O–H groups in total. The van der Waals surface area contributed by atoms with Crippen LogP contribution in [0.5, 0.6) is 0 Å². The largest absolute Gasteiger partial charge is 0.437 e. The van der Waals surface area contributed by atoms with Gasteiger partial charge in [-0.1, -0.05) is 35.3 Å². The number of halogens is 2. The van der Waals surface area contributed by atoms with Crippen molar-refractivity contribution in [1.82, 2.24) is 15.1 Å². The fraction of sp³-hybridized carbons (Fsp3) is 0.188. The number of rotatable bonds is 5.